The summed E-state index contributed by atoms with van der Waals surface area (Å²) < 4.78 is 5.15. The number of benzene rings is 1. The van der Waals surface area contributed by atoms with Gasteiger partial charge in [0.2, 0.25) is 0 Å². The van der Waals surface area contributed by atoms with Crippen molar-refractivity contribution in [3.8, 4) is 0 Å². The number of hydrogen-bond acceptors (Lipinski definition) is 4. The van der Waals surface area contributed by atoms with Gasteiger partial charge in [-0.05, 0) is 24.3 Å². The lowest BCUT2D eigenvalue weighted by atomic mass is 10.1. The summed E-state index contributed by atoms with van der Waals surface area (Å²) in [4.78, 5) is 33.2. The largest absolute Gasteiger partial charge is 0.478 e. The van der Waals surface area contributed by atoms with Crippen LogP contribution >= 0.6 is 0 Å². The molecule has 0 saturated carbocycles. The zero-order chi connectivity index (χ0) is 14.0. The van der Waals surface area contributed by atoms with Crippen molar-refractivity contribution in [2.45, 2.75) is 0 Å². The Morgan fingerprint density at radius 3 is 2.58 bits per heavy atom. The van der Waals surface area contributed by atoms with Crippen molar-refractivity contribution in [3.05, 3.63) is 51.9 Å². The fraction of sp³-hybridized carbons (Fsp3) is 0. The number of fused-ring (bicyclic) bond motifs is 1. The smallest absolute Gasteiger partial charge is 0.335 e. The van der Waals surface area contributed by atoms with E-state index in [0.717, 1.165) is 18.4 Å². The van der Waals surface area contributed by atoms with Crippen LogP contribution in [0.2, 0.25) is 0 Å². The first-order valence-electron chi connectivity index (χ1n) is 5.19. The summed E-state index contributed by atoms with van der Waals surface area (Å²) in [6.45, 7) is 0. The van der Waals surface area contributed by atoms with E-state index in [1.807, 2.05) is 0 Å². The van der Waals surface area contributed by atoms with Gasteiger partial charge in [0.25, 0.3) is 0 Å². The van der Waals surface area contributed by atoms with E-state index in [2.05, 4.69) is 0 Å². The Morgan fingerprint density at radius 1 is 1.21 bits per heavy atom. The molecule has 2 aromatic rings. The molecular formula is C13H8O6. The van der Waals surface area contributed by atoms with Gasteiger partial charge in [0, 0.05) is 6.08 Å². The maximum absolute atomic E-state index is 12.0. The lowest BCUT2D eigenvalue weighted by Gasteiger charge is -2.00. The second-order valence-electron chi connectivity index (χ2n) is 3.71. The number of aliphatic carboxylic acids is 1. The van der Waals surface area contributed by atoms with E-state index < -0.39 is 17.4 Å². The Morgan fingerprint density at radius 2 is 1.95 bits per heavy atom. The van der Waals surface area contributed by atoms with Crippen molar-refractivity contribution in [2.75, 3.05) is 0 Å². The number of rotatable bonds is 3. The van der Waals surface area contributed by atoms with Gasteiger partial charge < -0.3 is 14.6 Å². The average molecular weight is 260 g/mol. The number of carboxylic acid groups (broad SMARTS) is 2. The van der Waals surface area contributed by atoms with Gasteiger partial charge in [0.05, 0.1) is 16.5 Å². The molecule has 0 aliphatic rings. The average Bonchev–Trinajstić information content (AvgIpc) is 2.37. The van der Waals surface area contributed by atoms with Crippen LogP contribution in [0.15, 0.2) is 39.7 Å². The van der Waals surface area contributed by atoms with E-state index in [0.29, 0.717) is 0 Å². The Bertz CT molecular complexity index is 753. The highest BCUT2D eigenvalue weighted by atomic mass is 16.4. The number of hydrogen-bond donors (Lipinski definition) is 2. The minimum absolute atomic E-state index is 0.0393. The van der Waals surface area contributed by atoms with Crippen LogP contribution < -0.4 is 5.43 Å². The summed E-state index contributed by atoms with van der Waals surface area (Å²) in [5.74, 6) is -2.36. The molecule has 0 aliphatic heterocycles. The molecular weight excluding hydrogens is 252 g/mol. The number of carbonyl (C=O) groups is 2. The molecule has 1 heterocycles. The normalized spacial score (nSPS) is 10.9. The zero-order valence-corrected chi connectivity index (χ0v) is 9.49. The molecule has 96 valence electrons. The summed E-state index contributed by atoms with van der Waals surface area (Å²) in [5.41, 5.74) is -0.249. The van der Waals surface area contributed by atoms with Crippen LogP contribution in [0.5, 0.6) is 0 Å². The SMILES string of the molecule is O=C(O)/C=C/c1coc2ccc(C(=O)O)cc2c1=O. The maximum Gasteiger partial charge on any atom is 0.335 e. The third-order valence-corrected chi connectivity index (χ3v) is 2.45. The molecule has 19 heavy (non-hydrogen) atoms. The third kappa shape index (κ3) is 2.52. The Labute approximate surface area is 106 Å². The highest BCUT2D eigenvalue weighted by Crippen LogP contribution is 2.14. The molecule has 0 bridgehead atoms. The first-order chi connectivity index (χ1) is 8.99. The van der Waals surface area contributed by atoms with Crippen LogP contribution in [-0.2, 0) is 4.79 Å². The van der Waals surface area contributed by atoms with Crippen LogP contribution in [0.4, 0.5) is 0 Å². The second-order valence-corrected chi connectivity index (χ2v) is 3.71. The van der Waals surface area contributed by atoms with Crippen LogP contribution in [0, 0.1) is 0 Å². The molecule has 0 fully saturated rings. The van der Waals surface area contributed by atoms with Crippen molar-refractivity contribution in [1.82, 2.24) is 0 Å². The summed E-state index contributed by atoms with van der Waals surface area (Å²) in [6, 6.07) is 3.90. The van der Waals surface area contributed by atoms with Gasteiger partial charge in [0.1, 0.15) is 11.8 Å². The van der Waals surface area contributed by atoms with E-state index in [4.69, 9.17) is 14.6 Å². The topological polar surface area (TPSA) is 105 Å². The first-order valence-corrected chi connectivity index (χ1v) is 5.19. The molecule has 0 aliphatic carbocycles. The van der Waals surface area contributed by atoms with E-state index in [9.17, 15) is 14.4 Å². The van der Waals surface area contributed by atoms with E-state index in [-0.39, 0.29) is 22.1 Å². The summed E-state index contributed by atoms with van der Waals surface area (Å²) in [7, 11) is 0. The van der Waals surface area contributed by atoms with Crippen LogP contribution in [0.3, 0.4) is 0 Å². The lowest BCUT2D eigenvalue weighted by molar-refractivity contribution is -0.131. The minimum Gasteiger partial charge on any atom is -0.478 e. The van der Waals surface area contributed by atoms with Gasteiger partial charge in [-0.1, -0.05) is 0 Å². The van der Waals surface area contributed by atoms with Crippen LogP contribution in [-0.4, -0.2) is 22.2 Å². The summed E-state index contributed by atoms with van der Waals surface area (Å²) in [5, 5.41) is 17.4. The zero-order valence-electron chi connectivity index (χ0n) is 9.49. The van der Waals surface area contributed by atoms with Gasteiger partial charge in [0.15, 0.2) is 5.43 Å². The summed E-state index contributed by atoms with van der Waals surface area (Å²) in [6.07, 6.45) is 3.03. The highest BCUT2D eigenvalue weighted by molar-refractivity contribution is 5.93. The molecule has 0 unspecified atom stereocenters. The van der Waals surface area contributed by atoms with Gasteiger partial charge in [-0.15, -0.1) is 0 Å². The molecule has 0 radical (unpaired) electrons. The maximum atomic E-state index is 12.0. The van der Waals surface area contributed by atoms with Crippen molar-refractivity contribution >= 4 is 29.0 Å². The molecule has 1 aromatic carbocycles. The fourth-order valence-corrected chi connectivity index (χ4v) is 1.56. The van der Waals surface area contributed by atoms with Gasteiger partial charge in [-0.2, -0.15) is 0 Å². The second kappa shape index (κ2) is 4.77. The molecule has 6 heteroatoms. The summed E-state index contributed by atoms with van der Waals surface area (Å²) >= 11 is 0. The molecule has 0 atom stereocenters. The standard InChI is InChI=1S/C13H8O6/c14-11(15)4-2-8-6-19-10-3-1-7(13(17)18)5-9(10)12(8)16/h1-6H,(H,14,15)(H,17,18)/b4-2+. The van der Waals surface area contributed by atoms with E-state index in [1.54, 1.807) is 0 Å². The van der Waals surface area contributed by atoms with Crippen molar-refractivity contribution < 1.29 is 24.2 Å². The molecule has 0 saturated heterocycles. The molecule has 0 spiro atoms. The van der Waals surface area contributed by atoms with Crippen LogP contribution in [0.1, 0.15) is 15.9 Å². The Kier molecular flexibility index (Phi) is 3.15. The predicted octanol–water partition coefficient (Wildman–Crippen LogP) is 1.59. The Hall–Kier alpha value is -2.89. The monoisotopic (exact) mass is 260 g/mol. The van der Waals surface area contributed by atoms with Gasteiger partial charge >= 0.3 is 11.9 Å². The molecule has 0 amide bonds. The van der Waals surface area contributed by atoms with E-state index >= 15 is 0 Å². The van der Waals surface area contributed by atoms with Crippen molar-refractivity contribution in [2.24, 2.45) is 0 Å². The molecule has 6 nitrogen and oxygen atoms in total. The number of carboxylic acids is 2. The van der Waals surface area contributed by atoms with Gasteiger partial charge in [-0.3, -0.25) is 4.79 Å². The third-order valence-electron chi connectivity index (χ3n) is 2.45. The van der Waals surface area contributed by atoms with Crippen LogP contribution in [0.25, 0.3) is 17.0 Å². The van der Waals surface area contributed by atoms with E-state index in [1.165, 1.54) is 18.2 Å². The minimum atomic E-state index is -1.20. The lowest BCUT2D eigenvalue weighted by Crippen LogP contribution is -2.06. The predicted molar refractivity (Wildman–Crippen MR) is 66.1 cm³/mol. The molecule has 2 N–H and O–H groups in total. The molecule has 2 rings (SSSR count). The number of aromatic carboxylic acids is 1. The van der Waals surface area contributed by atoms with Gasteiger partial charge in [-0.25, -0.2) is 9.59 Å². The quantitative estimate of drug-likeness (QED) is 0.812. The fourth-order valence-electron chi connectivity index (χ4n) is 1.56. The highest BCUT2D eigenvalue weighted by Gasteiger charge is 2.09. The Balaban J connectivity index is 2.65. The van der Waals surface area contributed by atoms with Crippen molar-refractivity contribution in [1.29, 1.82) is 0 Å². The van der Waals surface area contributed by atoms with Crippen molar-refractivity contribution in [3.63, 3.8) is 0 Å². The first kappa shape index (κ1) is 12.6. The molecule has 1 aromatic heterocycles.